The molecule has 0 unspecified atom stereocenters. The van der Waals surface area contributed by atoms with E-state index >= 15 is 0 Å². The molecule has 0 bridgehead atoms. The highest BCUT2D eigenvalue weighted by Crippen LogP contribution is 2.28. The summed E-state index contributed by atoms with van der Waals surface area (Å²) in [4.78, 5) is 0. The lowest BCUT2D eigenvalue weighted by atomic mass is 9.89. The monoisotopic (exact) mass is 248 g/mol. The fourth-order valence-corrected chi connectivity index (χ4v) is 2.54. The summed E-state index contributed by atoms with van der Waals surface area (Å²) in [6.45, 7) is 4.30. The molecule has 0 aromatic heterocycles. The molecule has 0 aliphatic heterocycles. The molecule has 1 saturated carbocycles. The summed E-state index contributed by atoms with van der Waals surface area (Å²) in [7, 11) is 0. The van der Waals surface area contributed by atoms with Crippen LogP contribution in [0, 0.1) is 5.92 Å². The van der Waals surface area contributed by atoms with E-state index in [1.165, 1.54) is 25.7 Å². The smallest absolute Gasteiger partial charge is 0.119 e. The zero-order valence-corrected chi connectivity index (χ0v) is 11.4. The third kappa shape index (κ3) is 3.49. The van der Waals surface area contributed by atoms with Gasteiger partial charge in [-0.15, -0.1) is 0 Å². The third-order valence-electron chi connectivity index (χ3n) is 3.92. The first-order chi connectivity index (χ1) is 8.69. The Morgan fingerprint density at radius 3 is 2.33 bits per heavy atom. The number of rotatable bonds is 4. The first-order valence-electron chi connectivity index (χ1n) is 7.13. The zero-order chi connectivity index (χ0) is 13.0. The van der Waals surface area contributed by atoms with Crippen molar-refractivity contribution in [3.05, 3.63) is 29.8 Å². The molecule has 1 aromatic carbocycles. The van der Waals surface area contributed by atoms with Crippen LogP contribution in [-0.4, -0.2) is 11.2 Å². The van der Waals surface area contributed by atoms with Gasteiger partial charge in [0, 0.05) is 0 Å². The third-order valence-corrected chi connectivity index (χ3v) is 3.92. The second kappa shape index (κ2) is 6.24. The molecule has 0 amide bonds. The van der Waals surface area contributed by atoms with Gasteiger partial charge in [-0.1, -0.05) is 26.0 Å². The van der Waals surface area contributed by atoms with Crippen molar-refractivity contribution in [3.63, 3.8) is 0 Å². The summed E-state index contributed by atoms with van der Waals surface area (Å²) in [5.74, 6) is 1.79. The minimum atomic E-state index is -0.352. The van der Waals surface area contributed by atoms with Crippen LogP contribution in [0.1, 0.15) is 57.6 Å². The van der Waals surface area contributed by atoms with Gasteiger partial charge < -0.3 is 9.84 Å². The Balaban J connectivity index is 1.90. The molecule has 1 fully saturated rings. The Bertz CT molecular complexity index is 350. The van der Waals surface area contributed by atoms with E-state index in [1.807, 2.05) is 31.2 Å². The number of ether oxygens (including phenoxy) is 1. The van der Waals surface area contributed by atoms with Gasteiger partial charge in [-0.2, -0.15) is 0 Å². The van der Waals surface area contributed by atoms with Crippen LogP contribution >= 0.6 is 0 Å². The summed E-state index contributed by atoms with van der Waals surface area (Å²) in [6.07, 6.45) is 5.66. The van der Waals surface area contributed by atoms with Crippen molar-refractivity contribution in [1.29, 1.82) is 0 Å². The molecule has 0 spiro atoms. The number of aliphatic hydroxyl groups is 1. The molecule has 1 aliphatic rings. The lowest BCUT2D eigenvalue weighted by Crippen LogP contribution is -2.22. The number of hydrogen-bond donors (Lipinski definition) is 1. The van der Waals surface area contributed by atoms with E-state index in [0.717, 1.165) is 23.7 Å². The lowest BCUT2D eigenvalue weighted by molar-refractivity contribution is 0.135. The van der Waals surface area contributed by atoms with Crippen LogP contribution in [0.3, 0.4) is 0 Å². The number of hydrogen-bond acceptors (Lipinski definition) is 2. The van der Waals surface area contributed by atoms with Crippen molar-refractivity contribution in [2.24, 2.45) is 5.92 Å². The Morgan fingerprint density at radius 2 is 1.78 bits per heavy atom. The Morgan fingerprint density at radius 1 is 1.17 bits per heavy atom. The van der Waals surface area contributed by atoms with Gasteiger partial charge in [-0.3, -0.25) is 0 Å². The average molecular weight is 248 g/mol. The highest BCUT2D eigenvalue weighted by atomic mass is 16.5. The van der Waals surface area contributed by atoms with Crippen LogP contribution in [-0.2, 0) is 0 Å². The van der Waals surface area contributed by atoms with Crippen LogP contribution < -0.4 is 4.74 Å². The summed E-state index contributed by atoms with van der Waals surface area (Å²) in [5, 5.41) is 9.73. The molecule has 2 heteroatoms. The molecule has 1 N–H and O–H groups in total. The molecule has 100 valence electrons. The number of benzene rings is 1. The van der Waals surface area contributed by atoms with Gasteiger partial charge in [0.15, 0.2) is 0 Å². The SMILES string of the molecule is CC[C@H](O)c1ccc(OC2CCC(C)CC2)cc1. The van der Waals surface area contributed by atoms with E-state index in [0.29, 0.717) is 6.10 Å². The molecular formula is C16H24O2. The zero-order valence-electron chi connectivity index (χ0n) is 11.4. The number of aliphatic hydroxyl groups excluding tert-OH is 1. The first-order valence-corrected chi connectivity index (χ1v) is 7.13. The Kier molecular flexibility index (Phi) is 4.65. The van der Waals surface area contributed by atoms with E-state index in [2.05, 4.69) is 6.92 Å². The van der Waals surface area contributed by atoms with Crippen molar-refractivity contribution in [2.45, 2.75) is 58.2 Å². The maximum atomic E-state index is 9.73. The standard InChI is InChI=1S/C16H24O2/c1-3-16(17)13-6-10-15(11-7-13)18-14-8-4-12(2)5-9-14/h6-7,10-12,14,16-17H,3-5,8-9H2,1-2H3/t12?,14?,16-/m0/s1. The quantitative estimate of drug-likeness (QED) is 0.869. The second-order valence-corrected chi connectivity index (χ2v) is 5.49. The second-order valence-electron chi connectivity index (χ2n) is 5.49. The minimum absolute atomic E-state index is 0.352. The average Bonchev–Trinajstić information content (AvgIpc) is 2.41. The molecule has 0 saturated heterocycles. The molecule has 1 atom stereocenters. The maximum absolute atomic E-state index is 9.73. The van der Waals surface area contributed by atoms with Crippen LogP contribution in [0.5, 0.6) is 5.75 Å². The fraction of sp³-hybridized carbons (Fsp3) is 0.625. The van der Waals surface area contributed by atoms with Crippen LogP contribution in [0.25, 0.3) is 0 Å². The van der Waals surface area contributed by atoms with E-state index in [-0.39, 0.29) is 6.10 Å². The lowest BCUT2D eigenvalue weighted by Gasteiger charge is -2.27. The molecule has 1 aliphatic carbocycles. The van der Waals surface area contributed by atoms with Crippen molar-refractivity contribution in [3.8, 4) is 5.75 Å². The summed E-state index contributed by atoms with van der Waals surface area (Å²) >= 11 is 0. The van der Waals surface area contributed by atoms with Gasteiger partial charge in [-0.25, -0.2) is 0 Å². The molecule has 2 rings (SSSR count). The summed E-state index contributed by atoms with van der Waals surface area (Å²) < 4.78 is 5.99. The van der Waals surface area contributed by atoms with E-state index in [9.17, 15) is 5.11 Å². The first kappa shape index (κ1) is 13.4. The van der Waals surface area contributed by atoms with Crippen molar-refractivity contribution in [2.75, 3.05) is 0 Å². The fourth-order valence-electron chi connectivity index (χ4n) is 2.54. The van der Waals surface area contributed by atoms with Crippen LogP contribution in [0.4, 0.5) is 0 Å². The highest BCUT2D eigenvalue weighted by molar-refractivity contribution is 5.28. The minimum Gasteiger partial charge on any atom is -0.490 e. The van der Waals surface area contributed by atoms with Gasteiger partial charge in [0.2, 0.25) is 0 Å². The predicted molar refractivity (Wildman–Crippen MR) is 73.7 cm³/mol. The highest BCUT2D eigenvalue weighted by Gasteiger charge is 2.19. The van der Waals surface area contributed by atoms with Gasteiger partial charge in [0.05, 0.1) is 12.2 Å². The topological polar surface area (TPSA) is 29.5 Å². The van der Waals surface area contributed by atoms with Gasteiger partial charge in [0.1, 0.15) is 5.75 Å². The summed E-state index contributed by atoms with van der Waals surface area (Å²) in [6, 6.07) is 7.89. The Hall–Kier alpha value is -1.02. The summed E-state index contributed by atoms with van der Waals surface area (Å²) in [5.41, 5.74) is 0.974. The maximum Gasteiger partial charge on any atom is 0.119 e. The molecule has 18 heavy (non-hydrogen) atoms. The van der Waals surface area contributed by atoms with Crippen LogP contribution in [0.15, 0.2) is 24.3 Å². The molecule has 2 nitrogen and oxygen atoms in total. The molecular weight excluding hydrogens is 224 g/mol. The van der Waals surface area contributed by atoms with E-state index in [1.54, 1.807) is 0 Å². The van der Waals surface area contributed by atoms with Crippen molar-refractivity contribution in [1.82, 2.24) is 0 Å². The molecule has 1 aromatic rings. The largest absolute Gasteiger partial charge is 0.490 e. The van der Waals surface area contributed by atoms with E-state index < -0.39 is 0 Å². The Labute approximate surface area is 110 Å². The van der Waals surface area contributed by atoms with Gasteiger partial charge >= 0.3 is 0 Å². The van der Waals surface area contributed by atoms with Gasteiger partial charge in [0.25, 0.3) is 0 Å². The predicted octanol–water partition coefficient (Wildman–Crippen LogP) is 4.09. The normalized spacial score (nSPS) is 25.7. The van der Waals surface area contributed by atoms with Crippen LogP contribution in [0.2, 0.25) is 0 Å². The molecule has 0 heterocycles. The van der Waals surface area contributed by atoms with Crippen molar-refractivity contribution < 1.29 is 9.84 Å². The molecule has 0 radical (unpaired) electrons. The van der Waals surface area contributed by atoms with Crippen molar-refractivity contribution >= 4 is 0 Å². The van der Waals surface area contributed by atoms with E-state index in [4.69, 9.17) is 4.74 Å². The van der Waals surface area contributed by atoms with Gasteiger partial charge in [-0.05, 0) is 55.7 Å².